The molecule has 0 aliphatic carbocycles. The highest BCUT2D eigenvalue weighted by Gasteiger charge is 2.24. The van der Waals surface area contributed by atoms with E-state index in [0.29, 0.717) is 13.0 Å². The molecule has 1 aromatic carbocycles. The maximum Gasteiger partial charge on any atom is 0.315 e. The van der Waals surface area contributed by atoms with Gasteiger partial charge in [-0.2, -0.15) is 8.78 Å². The number of halogens is 2. The molecule has 1 heterocycles. The molecule has 0 aromatic heterocycles. The van der Waals surface area contributed by atoms with Gasteiger partial charge in [0.25, 0.3) is 5.91 Å². The van der Waals surface area contributed by atoms with Crippen LogP contribution in [0.4, 0.5) is 14.5 Å². The summed E-state index contributed by atoms with van der Waals surface area (Å²) in [6.07, 6.45) is -1.86. The van der Waals surface area contributed by atoms with Gasteiger partial charge >= 0.3 is 6.43 Å². The second kappa shape index (κ2) is 6.48. The van der Waals surface area contributed by atoms with E-state index in [2.05, 4.69) is 0 Å². The van der Waals surface area contributed by atoms with Crippen molar-refractivity contribution in [2.45, 2.75) is 30.3 Å². The fraction of sp³-hybridized carbons (Fsp3) is 0.462. The summed E-state index contributed by atoms with van der Waals surface area (Å²) in [5, 5.41) is 1.98. The van der Waals surface area contributed by atoms with E-state index in [-0.39, 0.29) is 22.4 Å². The van der Waals surface area contributed by atoms with Gasteiger partial charge in [-0.3, -0.25) is 4.79 Å². The van der Waals surface area contributed by atoms with E-state index < -0.39 is 22.2 Å². The molecule has 116 valence electrons. The van der Waals surface area contributed by atoms with E-state index in [0.717, 1.165) is 6.42 Å². The van der Waals surface area contributed by atoms with Crippen LogP contribution in [-0.2, 0) is 19.4 Å². The molecule has 1 fully saturated rings. The summed E-state index contributed by atoms with van der Waals surface area (Å²) in [4.78, 5) is 10.9. The summed E-state index contributed by atoms with van der Waals surface area (Å²) >= 11 is 0. The normalized spacial score (nSPS) is 18.9. The second-order valence-corrected chi connectivity index (χ2v) is 6.77. The molecule has 0 spiro atoms. The molecule has 1 N–H and O–H groups in total. The van der Waals surface area contributed by atoms with E-state index in [9.17, 15) is 22.0 Å². The molecule has 21 heavy (non-hydrogen) atoms. The zero-order valence-electron chi connectivity index (χ0n) is 11.1. The Hall–Kier alpha value is -1.54. The maximum absolute atomic E-state index is 12.1. The average Bonchev–Trinajstić information content (AvgIpc) is 2.91. The summed E-state index contributed by atoms with van der Waals surface area (Å²) in [7, 11) is -3.49. The Morgan fingerprint density at radius 1 is 1.33 bits per heavy atom. The molecule has 1 unspecified atom stereocenters. The highest BCUT2D eigenvalue weighted by Crippen LogP contribution is 2.20. The highest BCUT2D eigenvalue weighted by molar-refractivity contribution is 7.91. The average molecular weight is 319 g/mol. The van der Waals surface area contributed by atoms with Gasteiger partial charge in [0.2, 0.25) is 0 Å². The predicted octanol–water partition coefficient (Wildman–Crippen LogP) is 1.84. The van der Waals surface area contributed by atoms with Crippen LogP contribution in [0, 0.1) is 0 Å². The smallest absolute Gasteiger partial charge is 0.315 e. The third-order valence-electron chi connectivity index (χ3n) is 3.11. The molecule has 2 rings (SSSR count). The summed E-state index contributed by atoms with van der Waals surface area (Å²) in [6.45, 7) is 0.568. The Labute approximate surface area is 121 Å². The third-order valence-corrected chi connectivity index (χ3v) is 4.91. The number of carbonyl (C=O) groups excluding carboxylic acids is 1. The van der Waals surface area contributed by atoms with Crippen LogP contribution in [0.2, 0.25) is 0 Å². The van der Waals surface area contributed by atoms with Crippen LogP contribution in [0.5, 0.6) is 0 Å². The van der Waals surface area contributed by atoms with Gasteiger partial charge in [-0.1, -0.05) is 0 Å². The lowest BCUT2D eigenvalue weighted by Gasteiger charge is -2.11. The van der Waals surface area contributed by atoms with Crippen molar-refractivity contribution in [1.29, 1.82) is 0 Å². The van der Waals surface area contributed by atoms with Crippen molar-refractivity contribution in [3.8, 4) is 0 Å². The molecular weight excluding hydrogens is 304 g/mol. The number of benzene rings is 1. The van der Waals surface area contributed by atoms with Crippen molar-refractivity contribution >= 4 is 21.4 Å². The van der Waals surface area contributed by atoms with Crippen LogP contribution in [0.3, 0.4) is 0 Å². The van der Waals surface area contributed by atoms with E-state index in [1.807, 2.05) is 5.32 Å². The van der Waals surface area contributed by atoms with Crippen molar-refractivity contribution in [2.24, 2.45) is 0 Å². The van der Waals surface area contributed by atoms with Crippen LogP contribution in [-0.4, -0.2) is 39.2 Å². The molecule has 1 aliphatic heterocycles. The molecule has 1 amide bonds. The zero-order chi connectivity index (χ0) is 15.5. The van der Waals surface area contributed by atoms with E-state index >= 15 is 0 Å². The van der Waals surface area contributed by atoms with Crippen molar-refractivity contribution in [1.82, 2.24) is 0 Å². The number of rotatable bonds is 5. The minimum atomic E-state index is -3.49. The molecule has 5 nitrogen and oxygen atoms in total. The van der Waals surface area contributed by atoms with E-state index in [4.69, 9.17) is 4.74 Å². The van der Waals surface area contributed by atoms with Gasteiger partial charge in [-0.05, 0) is 37.1 Å². The number of ether oxygens (including phenoxy) is 1. The van der Waals surface area contributed by atoms with Crippen LogP contribution in [0.25, 0.3) is 0 Å². The molecule has 0 saturated carbocycles. The first-order valence-electron chi connectivity index (χ1n) is 6.42. The molecule has 1 atom stereocenters. The standard InChI is InChI=1S/C13H15F2NO4S/c14-12(15)13(17)16-9-3-5-11(6-4-9)21(18,19)8-10-2-1-7-20-10/h3-6,10,12H,1-2,7-8H2,(H,16,17). The lowest BCUT2D eigenvalue weighted by atomic mass is 10.3. The highest BCUT2D eigenvalue weighted by atomic mass is 32.2. The van der Waals surface area contributed by atoms with Crippen LogP contribution in [0.15, 0.2) is 29.2 Å². The minimum Gasteiger partial charge on any atom is -0.377 e. The van der Waals surface area contributed by atoms with Crippen molar-refractivity contribution in [3.63, 3.8) is 0 Å². The van der Waals surface area contributed by atoms with E-state index in [1.54, 1.807) is 0 Å². The molecular formula is C13H15F2NO4S. The molecule has 0 bridgehead atoms. The Balaban J connectivity index is 2.05. The Kier molecular flexibility index (Phi) is 4.89. The molecule has 0 radical (unpaired) electrons. The van der Waals surface area contributed by atoms with Gasteiger partial charge in [0, 0.05) is 12.3 Å². The summed E-state index contributed by atoms with van der Waals surface area (Å²) in [6, 6.07) is 5.13. The summed E-state index contributed by atoms with van der Waals surface area (Å²) < 4.78 is 53.8. The first-order chi connectivity index (χ1) is 9.88. The molecule has 8 heteroatoms. The molecule has 1 aliphatic rings. The first-order valence-corrected chi connectivity index (χ1v) is 8.07. The number of hydrogen-bond acceptors (Lipinski definition) is 4. The second-order valence-electron chi connectivity index (χ2n) is 4.73. The van der Waals surface area contributed by atoms with Crippen molar-refractivity contribution < 1.29 is 26.7 Å². The fourth-order valence-electron chi connectivity index (χ4n) is 2.06. The first kappa shape index (κ1) is 15.8. The Morgan fingerprint density at radius 3 is 2.52 bits per heavy atom. The SMILES string of the molecule is O=C(Nc1ccc(S(=O)(=O)CC2CCCO2)cc1)C(F)F. The van der Waals surface area contributed by atoms with Gasteiger partial charge < -0.3 is 10.1 Å². The number of hydrogen-bond donors (Lipinski definition) is 1. The topological polar surface area (TPSA) is 72.5 Å². The monoisotopic (exact) mass is 319 g/mol. The number of sulfone groups is 1. The largest absolute Gasteiger partial charge is 0.377 e. The third kappa shape index (κ3) is 4.21. The van der Waals surface area contributed by atoms with Crippen LogP contribution >= 0.6 is 0 Å². The minimum absolute atomic E-state index is 0.0769. The lowest BCUT2D eigenvalue weighted by molar-refractivity contribution is -0.126. The number of amides is 1. The predicted molar refractivity (Wildman–Crippen MR) is 72.1 cm³/mol. The van der Waals surface area contributed by atoms with Gasteiger partial charge in [0.05, 0.1) is 16.8 Å². The van der Waals surface area contributed by atoms with Crippen molar-refractivity contribution in [3.05, 3.63) is 24.3 Å². The number of carbonyl (C=O) groups is 1. The Bertz CT molecular complexity index is 595. The van der Waals surface area contributed by atoms with Gasteiger partial charge in [0.1, 0.15) is 0 Å². The molecule has 1 aromatic rings. The quantitative estimate of drug-likeness (QED) is 0.899. The number of anilines is 1. The number of nitrogens with one attached hydrogen (secondary N) is 1. The maximum atomic E-state index is 12.1. The van der Waals surface area contributed by atoms with Gasteiger partial charge in [-0.15, -0.1) is 0 Å². The van der Waals surface area contributed by atoms with E-state index in [1.165, 1.54) is 24.3 Å². The lowest BCUT2D eigenvalue weighted by Crippen LogP contribution is -2.21. The van der Waals surface area contributed by atoms with Gasteiger partial charge in [-0.25, -0.2) is 8.42 Å². The van der Waals surface area contributed by atoms with Crippen LogP contribution in [0.1, 0.15) is 12.8 Å². The zero-order valence-corrected chi connectivity index (χ0v) is 11.9. The van der Waals surface area contributed by atoms with Crippen LogP contribution < -0.4 is 5.32 Å². The van der Waals surface area contributed by atoms with Gasteiger partial charge in [0.15, 0.2) is 9.84 Å². The fourth-order valence-corrected chi connectivity index (χ4v) is 3.55. The Morgan fingerprint density at radius 2 is 2.00 bits per heavy atom. The molecule has 1 saturated heterocycles. The number of alkyl halides is 2. The van der Waals surface area contributed by atoms with Crippen molar-refractivity contribution in [2.75, 3.05) is 17.7 Å². The summed E-state index contributed by atoms with van der Waals surface area (Å²) in [5.41, 5.74) is 0.122. The summed E-state index contributed by atoms with van der Waals surface area (Å²) in [5.74, 6) is -1.53.